The van der Waals surface area contributed by atoms with Crippen molar-refractivity contribution in [3.05, 3.63) is 83.8 Å². The molecule has 0 aliphatic carbocycles. The number of hydrogen-bond donors (Lipinski definition) is 3. The van der Waals surface area contributed by atoms with E-state index in [1.165, 1.54) is 0 Å². The second-order valence-corrected chi connectivity index (χ2v) is 11.6. The molecule has 0 saturated heterocycles. The molecule has 0 aliphatic rings. The lowest BCUT2D eigenvalue weighted by atomic mass is 10.0. The van der Waals surface area contributed by atoms with Gasteiger partial charge in [-0.25, -0.2) is 9.37 Å². The number of aliphatic hydroxyl groups is 1. The Morgan fingerprint density at radius 3 is 2.56 bits per heavy atom. The molecule has 41 heavy (non-hydrogen) atoms. The Kier molecular flexibility index (Phi) is 10.1. The van der Waals surface area contributed by atoms with E-state index in [0.717, 1.165) is 56.7 Å². The average molecular weight is 574 g/mol. The standard InChI is InChI=1S/C31H34FN5OS.CH2O/c1-31(2,3)35-12-13-37(14-15-38)19-21-4-7-24(26(32)16-21)22-5-8-27-25(17-22)28(10-11-33-27)36-23-6-9-30-29(18-23)34-20-39-30;1-2/h4-11,16-18,20,35,38H,12-15,19H2,1-3H3,(H,33,36);1H2. The summed E-state index contributed by atoms with van der Waals surface area (Å²) >= 11 is 1.62. The van der Waals surface area contributed by atoms with Crippen LogP contribution in [0.3, 0.4) is 0 Å². The number of anilines is 2. The molecule has 0 radical (unpaired) electrons. The normalized spacial score (nSPS) is 11.6. The van der Waals surface area contributed by atoms with Crippen molar-refractivity contribution < 1.29 is 14.3 Å². The lowest BCUT2D eigenvalue weighted by molar-refractivity contribution is -0.0980. The summed E-state index contributed by atoms with van der Waals surface area (Å²) in [5.74, 6) is -0.268. The van der Waals surface area contributed by atoms with Gasteiger partial charge in [0.1, 0.15) is 12.6 Å². The monoisotopic (exact) mass is 573 g/mol. The Bertz CT molecular complexity index is 1600. The topological polar surface area (TPSA) is 90.4 Å². The Morgan fingerprint density at radius 2 is 1.80 bits per heavy atom. The fraction of sp³-hybridized carbons (Fsp3) is 0.281. The summed E-state index contributed by atoms with van der Waals surface area (Å²) in [7, 11) is 0. The van der Waals surface area contributed by atoms with Gasteiger partial charge in [0.25, 0.3) is 0 Å². The third kappa shape index (κ3) is 7.92. The Balaban J connectivity index is 0.00000189. The SMILES string of the molecule is C=O.CC(C)(C)NCCN(CCO)Cc1ccc(-c2ccc3nccc(Nc4ccc5scnc5c4)c3c2)c(F)c1. The summed E-state index contributed by atoms with van der Waals surface area (Å²) in [5.41, 5.74) is 7.70. The van der Waals surface area contributed by atoms with Crippen LogP contribution in [0, 0.1) is 5.82 Å². The van der Waals surface area contributed by atoms with Crippen molar-refractivity contribution in [2.24, 2.45) is 0 Å². The molecule has 0 saturated carbocycles. The molecule has 3 aromatic carbocycles. The molecular formula is C32H36FN5O2S. The maximum Gasteiger partial charge on any atom is 0.131 e. The number of nitrogens with zero attached hydrogens (tertiary/aromatic N) is 3. The molecule has 0 bridgehead atoms. The van der Waals surface area contributed by atoms with Gasteiger partial charge in [-0.3, -0.25) is 9.88 Å². The quantitative estimate of drug-likeness (QED) is 0.178. The smallest absolute Gasteiger partial charge is 0.131 e. The number of benzene rings is 3. The first-order valence-corrected chi connectivity index (χ1v) is 14.3. The van der Waals surface area contributed by atoms with E-state index >= 15 is 4.39 Å². The van der Waals surface area contributed by atoms with Crippen LogP contribution in [0.15, 0.2) is 72.4 Å². The van der Waals surface area contributed by atoms with E-state index in [-0.39, 0.29) is 18.0 Å². The van der Waals surface area contributed by atoms with Crippen molar-refractivity contribution in [2.75, 3.05) is 31.6 Å². The number of fused-ring (bicyclic) bond motifs is 2. The highest BCUT2D eigenvalue weighted by molar-refractivity contribution is 7.16. The van der Waals surface area contributed by atoms with E-state index in [2.05, 4.69) is 52.3 Å². The molecule has 9 heteroatoms. The molecule has 0 spiro atoms. The molecule has 2 aromatic heterocycles. The summed E-state index contributed by atoms with van der Waals surface area (Å²) in [5, 5.41) is 17.4. The number of hydrogen-bond acceptors (Lipinski definition) is 8. The molecule has 0 unspecified atom stereocenters. The van der Waals surface area contributed by atoms with Crippen LogP contribution < -0.4 is 10.6 Å². The number of pyridine rings is 1. The van der Waals surface area contributed by atoms with Gasteiger partial charge in [0.2, 0.25) is 0 Å². The molecule has 3 N–H and O–H groups in total. The van der Waals surface area contributed by atoms with Crippen LogP contribution in [0.5, 0.6) is 0 Å². The van der Waals surface area contributed by atoms with E-state index in [9.17, 15) is 5.11 Å². The lowest BCUT2D eigenvalue weighted by Gasteiger charge is -2.26. The predicted molar refractivity (Wildman–Crippen MR) is 167 cm³/mol. The molecule has 5 aromatic rings. The number of rotatable bonds is 10. The van der Waals surface area contributed by atoms with Crippen LogP contribution in [-0.2, 0) is 11.3 Å². The predicted octanol–water partition coefficient (Wildman–Crippen LogP) is 6.39. The average Bonchev–Trinajstić information content (AvgIpc) is 3.42. The van der Waals surface area contributed by atoms with E-state index in [1.807, 2.05) is 60.8 Å². The lowest BCUT2D eigenvalue weighted by Crippen LogP contribution is -2.41. The molecule has 2 heterocycles. The van der Waals surface area contributed by atoms with Gasteiger partial charge >= 0.3 is 0 Å². The van der Waals surface area contributed by atoms with Gasteiger partial charge in [-0.1, -0.05) is 18.2 Å². The highest BCUT2D eigenvalue weighted by atomic mass is 32.1. The molecule has 0 atom stereocenters. The largest absolute Gasteiger partial charge is 0.395 e. The van der Waals surface area contributed by atoms with E-state index < -0.39 is 0 Å². The zero-order valence-corrected chi connectivity index (χ0v) is 24.5. The molecule has 0 fully saturated rings. The number of carbonyl (C=O) groups excluding carboxylic acids is 1. The van der Waals surface area contributed by atoms with E-state index in [0.29, 0.717) is 18.7 Å². The number of carbonyl (C=O) groups is 1. The minimum atomic E-state index is -0.268. The van der Waals surface area contributed by atoms with Crippen molar-refractivity contribution >= 4 is 50.6 Å². The Labute approximate surface area is 244 Å². The molecule has 5 rings (SSSR count). The van der Waals surface area contributed by atoms with Crippen LogP contribution in [0.25, 0.3) is 32.2 Å². The number of aliphatic hydroxyl groups excluding tert-OH is 1. The highest BCUT2D eigenvalue weighted by Crippen LogP contribution is 2.32. The molecule has 7 nitrogen and oxygen atoms in total. The fourth-order valence-electron chi connectivity index (χ4n) is 4.66. The van der Waals surface area contributed by atoms with E-state index in [4.69, 9.17) is 4.79 Å². The number of thiazole rings is 1. The Morgan fingerprint density at radius 1 is 0.976 bits per heavy atom. The summed E-state index contributed by atoms with van der Waals surface area (Å²) in [4.78, 5) is 19.1. The van der Waals surface area contributed by atoms with Gasteiger partial charge in [0.15, 0.2) is 0 Å². The van der Waals surface area contributed by atoms with Crippen LogP contribution in [-0.4, -0.2) is 58.5 Å². The van der Waals surface area contributed by atoms with Gasteiger partial charge in [-0.05, 0) is 74.4 Å². The van der Waals surface area contributed by atoms with Gasteiger partial charge in [0.05, 0.1) is 27.9 Å². The van der Waals surface area contributed by atoms with Crippen molar-refractivity contribution in [3.8, 4) is 11.1 Å². The Hall–Kier alpha value is -3.76. The first-order valence-electron chi connectivity index (χ1n) is 13.4. The van der Waals surface area contributed by atoms with Crippen molar-refractivity contribution in [2.45, 2.75) is 32.9 Å². The third-order valence-corrected chi connectivity index (χ3v) is 7.41. The maximum absolute atomic E-state index is 15.4. The van der Waals surface area contributed by atoms with Crippen LogP contribution in [0.1, 0.15) is 26.3 Å². The van der Waals surface area contributed by atoms with Gasteiger partial charge < -0.3 is 20.5 Å². The number of halogens is 1. The summed E-state index contributed by atoms with van der Waals surface area (Å²) in [6.07, 6.45) is 1.77. The maximum atomic E-state index is 15.4. The third-order valence-electron chi connectivity index (χ3n) is 6.60. The number of aromatic nitrogens is 2. The van der Waals surface area contributed by atoms with Crippen molar-refractivity contribution in [1.82, 2.24) is 20.2 Å². The van der Waals surface area contributed by atoms with Crippen LogP contribution in [0.4, 0.5) is 15.8 Å². The van der Waals surface area contributed by atoms with Crippen molar-refractivity contribution in [3.63, 3.8) is 0 Å². The highest BCUT2D eigenvalue weighted by Gasteiger charge is 2.13. The minimum absolute atomic E-state index is 0.0260. The molecular weight excluding hydrogens is 537 g/mol. The number of nitrogens with one attached hydrogen (secondary N) is 2. The molecule has 0 amide bonds. The summed E-state index contributed by atoms with van der Waals surface area (Å²) in [6, 6.07) is 19.3. The van der Waals surface area contributed by atoms with E-state index in [1.54, 1.807) is 23.6 Å². The summed E-state index contributed by atoms with van der Waals surface area (Å²) < 4.78 is 16.6. The zero-order valence-electron chi connectivity index (χ0n) is 23.7. The fourth-order valence-corrected chi connectivity index (χ4v) is 5.32. The summed E-state index contributed by atoms with van der Waals surface area (Å²) in [6.45, 7) is 11.1. The van der Waals surface area contributed by atoms with Crippen LogP contribution in [0.2, 0.25) is 0 Å². The van der Waals surface area contributed by atoms with Crippen LogP contribution >= 0.6 is 11.3 Å². The minimum Gasteiger partial charge on any atom is -0.395 e. The second-order valence-electron chi connectivity index (χ2n) is 10.7. The van der Waals surface area contributed by atoms with Gasteiger partial charge in [0, 0.05) is 60.2 Å². The zero-order chi connectivity index (χ0) is 29.4. The second kappa shape index (κ2) is 13.7. The molecule has 0 aliphatic heterocycles. The first-order chi connectivity index (χ1) is 19.8. The van der Waals surface area contributed by atoms with Gasteiger partial charge in [-0.15, -0.1) is 11.3 Å². The molecule has 214 valence electrons. The first kappa shape index (κ1) is 30.2. The van der Waals surface area contributed by atoms with Crippen molar-refractivity contribution in [1.29, 1.82) is 0 Å². The van der Waals surface area contributed by atoms with Gasteiger partial charge in [-0.2, -0.15) is 0 Å².